The topological polar surface area (TPSA) is 84.7 Å². The second kappa shape index (κ2) is 8.80. The van der Waals surface area contributed by atoms with Crippen LogP contribution in [-0.2, 0) is 0 Å². The minimum atomic E-state index is -0.541. The molecule has 1 aromatic rings. The van der Waals surface area contributed by atoms with Crippen LogP contribution in [0.3, 0.4) is 0 Å². The Morgan fingerprint density at radius 2 is 2.04 bits per heavy atom. The van der Waals surface area contributed by atoms with E-state index in [0.717, 1.165) is 0 Å². The molecule has 1 fully saturated rings. The second-order valence-electron chi connectivity index (χ2n) is 6.78. The predicted octanol–water partition coefficient (Wildman–Crippen LogP) is 2.84. The van der Waals surface area contributed by atoms with Gasteiger partial charge >= 0.3 is 5.69 Å². The lowest BCUT2D eigenvalue weighted by Gasteiger charge is -2.35. The zero-order chi connectivity index (χ0) is 18.4. The molecule has 25 heavy (non-hydrogen) atoms. The summed E-state index contributed by atoms with van der Waals surface area (Å²) in [5, 5.41) is 14.0. The van der Waals surface area contributed by atoms with Crippen LogP contribution in [0.1, 0.15) is 42.5 Å². The second-order valence-corrected chi connectivity index (χ2v) is 6.78. The van der Waals surface area contributed by atoms with Crippen molar-refractivity contribution in [1.29, 1.82) is 0 Å². The Balaban J connectivity index is 2.05. The SMILES string of the molecule is COc1ccc(C(=O)NC[C@@H](C2CCCCC2)N(C)C)cc1[N+](=O)[O-]. The predicted molar refractivity (Wildman–Crippen MR) is 96.0 cm³/mol. The van der Waals surface area contributed by atoms with E-state index in [1.807, 2.05) is 14.1 Å². The molecule has 0 aromatic heterocycles. The van der Waals surface area contributed by atoms with Crippen LogP contribution in [0.2, 0.25) is 0 Å². The molecule has 0 radical (unpaired) electrons. The summed E-state index contributed by atoms with van der Waals surface area (Å²) in [4.78, 5) is 25.2. The number of nitrogens with zero attached hydrogens (tertiary/aromatic N) is 2. The van der Waals surface area contributed by atoms with Crippen LogP contribution >= 0.6 is 0 Å². The molecule has 0 aliphatic heterocycles. The number of ether oxygens (including phenoxy) is 1. The number of nitro benzene ring substituents is 1. The van der Waals surface area contributed by atoms with Crippen molar-refractivity contribution >= 4 is 11.6 Å². The fraction of sp³-hybridized carbons (Fsp3) is 0.611. The van der Waals surface area contributed by atoms with Crippen molar-refractivity contribution in [3.8, 4) is 5.75 Å². The van der Waals surface area contributed by atoms with E-state index in [1.54, 1.807) is 6.07 Å². The Kier molecular flexibility index (Phi) is 6.75. The number of nitro groups is 1. The number of carbonyl (C=O) groups excluding carboxylic acids is 1. The minimum absolute atomic E-state index is 0.148. The number of methoxy groups -OCH3 is 1. The minimum Gasteiger partial charge on any atom is -0.490 e. The van der Waals surface area contributed by atoms with Crippen molar-refractivity contribution in [3.63, 3.8) is 0 Å². The van der Waals surface area contributed by atoms with Crippen LogP contribution in [0, 0.1) is 16.0 Å². The fourth-order valence-electron chi connectivity index (χ4n) is 3.56. The first-order valence-electron chi connectivity index (χ1n) is 8.71. The lowest BCUT2D eigenvalue weighted by atomic mass is 9.83. The average molecular weight is 349 g/mol. The first-order chi connectivity index (χ1) is 11.9. The number of likely N-dealkylation sites (N-methyl/N-ethyl adjacent to an activating group) is 1. The molecular formula is C18H27N3O4. The van der Waals surface area contributed by atoms with Crippen LogP contribution in [-0.4, -0.2) is 49.5 Å². The van der Waals surface area contributed by atoms with E-state index < -0.39 is 4.92 Å². The first-order valence-corrected chi connectivity index (χ1v) is 8.71. The number of carbonyl (C=O) groups is 1. The molecule has 0 saturated heterocycles. The largest absolute Gasteiger partial charge is 0.490 e. The summed E-state index contributed by atoms with van der Waals surface area (Å²) < 4.78 is 4.97. The van der Waals surface area contributed by atoms with Crippen LogP contribution in [0.5, 0.6) is 5.75 Å². The van der Waals surface area contributed by atoms with Gasteiger partial charge in [-0.1, -0.05) is 19.3 Å². The molecule has 1 atom stereocenters. The lowest BCUT2D eigenvalue weighted by molar-refractivity contribution is -0.385. The monoisotopic (exact) mass is 349 g/mol. The van der Waals surface area contributed by atoms with E-state index >= 15 is 0 Å². The molecule has 7 nitrogen and oxygen atoms in total. The maximum absolute atomic E-state index is 12.4. The van der Waals surface area contributed by atoms with Gasteiger partial charge in [0.05, 0.1) is 12.0 Å². The molecule has 138 valence electrons. The van der Waals surface area contributed by atoms with Gasteiger partial charge in [-0.05, 0) is 45.0 Å². The third-order valence-corrected chi connectivity index (χ3v) is 4.97. The highest BCUT2D eigenvalue weighted by Gasteiger charge is 2.26. The van der Waals surface area contributed by atoms with Gasteiger partial charge in [0.1, 0.15) is 0 Å². The van der Waals surface area contributed by atoms with E-state index in [0.29, 0.717) is 12.5 Å². The van der Waals surface area contributed by atoms with Crippen LogP contribution < -0.4 is 10.1 Å². The third kappa shape index (κ3) is 4.92. The number of hydrogen-bond donors (Lipinski definition) is 1. The maximum atomic E-state index is 12.4. The summed E-state index contributed by atoms with van der Waals surface area (Å²) >= 11 is 0. The molecular weight excluding hydrogens is 322 g/mol. The number of hydrogen-bond acceptors (Lipinski definition) is 5. The molecule has 2 rings (SSSR count). The van der Waals surface area contributed by atoms with Gasteiger partial charge in [0.25, 0.3) is 5.91 Å². The van der Waals surface area contributed by atoms with Gasteiger partial charge in [0.15, 0.2) is 5.75 Å². The smallest absolute Gasteiger partial charge is 0.311 e. The number of rotatable bonds is 7. The molecule has 1 amide bonds. The summed E-state index contributed by atoms with van der Waals surface area (Å²) in [7, 11) is 5.43. The van der Waals surface area contributed by atoms with Crippen LogP contribution in [0.15, 0.2) is 18.2 Å². The number of benzene rings is 1. The van der Waals surface area contributed by atoms with Crippen molar-refractivity contribution in [2.45, 2.75) is 38.1 Å². The quantitative estimate of drug-likeness (QED) is 0.604. The molecule has 1 N–H and O–H groups in total. The van der Waals surface area contributed by atoms with E-state index in [4.69, 9.17) is 4.74 Å². The Bertz CT molecular complexity index is 612. The van der Waals surface area contributed by atoms with Gasteiger partial charge < -0.3 is 15.0 Å². The Morgan fingerprint density at radius 1 is 1.36 bits per heavy atom. The Labute approximate surface area is 148 Å². The van der Waals surface area contributed by atoms with E-state index in [2.05, 4.69) is 10.2 Å². The Morgan fingerprint density at radius 3 is 2.60 bits per heavy atom. The van der Waals surface area contributed by atoms with Gasteiger partial charge in [0.2, 0.25) is 0 Å². The standard InChI is InChI=1S/C18H27N3O4/c1-20(2)16(13-7-5-4-6-8-13)12-19-18(22)14-9-10-17(25-3)15(11-14)21(23)24/h9-11,13,16H,4-8,12H2,1-3H3,(H,19,22)/t16-/m0/s1. The van der Waals surface area contributed by atoms with Crippen molar-refractivity contribution in [3.05, 3.63) is 33.9 Å². The molecule has 0 unspecified atom stereocenters. The van der Waals surface area contributed by atoms with Gasteiger partial charge in [-0.3, -0.25) is 14.9 Å². The Hall–Kier alpha value is -2.15. The maximum Gasteiger partial charge on any atom is 0.311 e. The molecule has 0 heterocycles. The molecule has 7 heteroatoms. The number of nitrogens with one attached hydrogen (secondary N) is 1. The lowest BCUT2D eigenvalue weighted by Crippen LogP contribution is -2.45. The van der Waals surface area contributed by atoms with Crippen LogP contribution in [0.25, 0.3) is 0 Å². The average Bonchev–Trinajstić information content (AvgIpc) is 2.61. The summed E-state index contributed by atoms with van der Waals surface area (Å²) in [5.74, 6) is 0.428. The van der Waals surface area contributed by atoms with Gasteiger partial charge in [-0.15, -0.1) is 0 Å². The third-order valence-electron chi connectivity index (χ3n) is 4.97. The van der Waals surface area contributed by atoms with Gasteiger partial charge in [0, 0.05) is 24.2 Å². The van der Waals surface area contributed by atoms with Crippen molar-refractivity contribution in [2.75, 3.05) is 27.7 Å². The van der Waals surface area contributed by atoms with Gasteiger partial charge in [-0.2, -0.15) is 0 Å². The molecule has 0 spiro atoms. The molecule has 1 aromatic carbocycles. The summed E-state index contributed by atoms with van der Waals surface area (Å²) in [5.41, 5.74) is 0.0697. The summed E-state index contributed by atoms with van der Waals surface area (Å²) in [6.07, 6.45) is 6.15. The molecule has 0 bridgehead atoms. The highest BCUT2D eigenvalue weighted by atomic mass is 16.6. The van der Waals surface area contributed by atoms with E-state index in [-0.39, 0.29) is 28.9 Å². The zero-order valence-corrected chi connectivity index (χ0v) is 15.2. The summed E-state index contributed by atoms with van der Waals surface area (Å²) in [6.45, 7) is 0.538. The summed E-state index contributed by atoms with van der Waals surface area (Å²) in [6, 6.07) is 4.54. The molecule has 1 saturated carbocycles. The van der Waals surface area contributed by atoms with Crippen molar-refractivity contribution < 1.29 is 14.5 Å². The van der Waals surface area contributed by atoms with E-state index in [9.17, 15) is 14.9 Å². The fourth-order valence-corrected chi connectivity index (χ4v) is 3.56. The number of amides is 1. The molecule has 1 aliphatic rings. The van der Waals surface area contributed by atoms with Crippen molar-refractivity contribution in [2.24, 2.45) is 5.92 Å². The van der Waals surface area contributed by atoms with Crippen LogP contribution in [0.4, 0.5) is 5.69 Å². The van der Waals surface area contributed by atoms with Crippen molar-refractivity contribution in [1.82, 2.24) is 10.2 Å². The highest BCUT2D eigenvalue weighted by Crippen LogP contribution is 2.29. The zero-order valence-electron chi connectivity index (χ0n) is 15.2. The van der Waals surface area contributed by atoms with E-state index in [1.165, 1.54) is 51.3 Å². The first kappa shape index (κ1) is 19.2. The van der Waals surface area contributed by atoms with Gasteiger partial charge in [-0.25, -0.2) is 0 Å². The normalized spacial score (nSPS) is 16.5. The highest BCUT2D eigenvalue weighted by molar-refractivity contribution is 5.95. The molecule has 1 aliphatic carbocycles.